The molecule has 0 fully saturated rings. The first-order valence-corrected chi connectivity index (χ1v) is 8.85. The molecule has 3 aromatic rings. The number of aryl methyl sites for hydroxylation is 1. The molecule has 1 aliphatic heterocycles. The van der Waals surface area contributed by atoms with Crippen LogP contribution in [0, 0.1) is 0 Å². The van der Waals surface area contributed by atoms with E-state index < -0.39 is 0 Å². The van der Waals surface area contributed by atoms with Crippen LogP contribution in [-0.2, 0) is 19.6 Å². The summed E-state index contributed by atoms with van der Waals surface area (Å²) in [5.41, 5.74) is 1.70. The van der Waals surface area contributed by atoms with E-state index in [-0.39, 0.29) is 11.9 Å². The highest BCUT2D eigenvalue weighted by Gasteiger charge is 2.20. The Morgan fingerprint density at radius 2 is 1.96 bits per heavy atom. The molecule has 0 bridgehead atoms. The van der Waals surface area contributed by atoms with Crippen LogP contribution in [0.4, 0.5) is 0 Å². The van der Waals surface area contributed by atoms with Gasteiger partial charge in [0.15, 0.2) is 0 Å². The van der Waals surface area contributed by atoms with Crippen LogP contribution in [0.25, 0.3) is 0 Å². The molecule has 1 N–H and O–H groups in total. The van der Waals surface area contributed by atoms with Gasteiger partial charge in [-0.3, -0.25) is 4.79 Å². The van der Waals surface area contributed by atoms with Crippen LogP contribution in [0.2, 0.25) is 0 Å². The molecule has 0 unspecified atom stereocenters. The molecule has 0 aliphatic carbocycles. The van der Waals surface area contributed by atoms with Gasteiger partial charge in [0.25, 0.3) is 5.91 Å². The third kappa shape index (κ3) is 3.77. The summed E-state index contributed by atoms with van der Waals surface area (Å²) >= 11 is 0. The molecule has 0 saturated carbocycles. The Labute approximate surface area is 152 Å². The third-order valence-electron chi connectivity index (χ3n) is 4.64. The van der Waals surface area contributed by atoms with Gasteiger partial charge in [0.1, 0.15) is 18.2 Å². The molecule has 5 nitrogen and oxygen atoms in total. The zero-order chi connectivity index (χ0) is 17.8. The first kappa shape index (κ1) is 16.4. The van der Waals surface area contributed by atoms with Crippen LogP contribution in [0.3, 0.4) is 0 Å². The molecule has 1 atom stereocenters. The Morgan fingerprint density at radius 1 is 1.15 bits per heavy atom. The van der Waals surface area contributed by atoms with E-state index in [2.05, 4.69) is 14.9 Å². The number of amides is 1. The number of rotatable bonds is 5. The molecular weight excluding hydrogens is 326 g/mol. The Kier molecular flexibility index (Phi) is 4.69. The van der Waals surface area contributed by atoms with Gasteiger partial charge in [-0.2, -0.15) is 0 Å². The number of nitrogens with one attached hydrogen (secondary N) is 1. The van der Waals surface area contributed by atoms with Crippen molar-refractivity contribution in [2.24, 2.45) is 0 Å². The number of ether oxygens (including phenoxy) is 1. The minimum absolute atomic E-state index is 0.0332. The van der Waals surface area contributed by atoms with E-state index in [1.54, 1.807) is 0 Å². The summed E-state index contributed by atoms with van der Waals surface area (Å²) in [5.74, 6) is 1.90. The summed E-state index contributed by atoms with van der Waals surface area (Å²) in [7, 11) is 0. The minimum atomic E-state index is -0.0332. The van der Waals surface area contributed by atoms with Crippen LogP contribution in [0.1, 0.15) is 28.2 Å². The van der Waals surface area contributed by atoms with Crippen LogP contribution < -0.4 is 10.1 Å². The lowest BCUT2D eigenvalue weighted by molar-refractivity contribution is 0.0927. The number of aromatic nitrogens is 2. The van der Waals surface area contributed by atoms with Gasteiger partial charge in [0, 0.05) is 37.0 Å². The first-order valence-electron chi connectivity index (χ1n) is 8.85. The first-order chi connectivity index (χ1) is 12.8. The molecule has 1 aliphatic rings. The third-order valence-corrected chi connectivity index (χ3v) is 4.64. The highest BCUT2D eigenvalue weighted by Crippen LogP contribution is 2.15. The second kappa shape index (κ2) is 7.44. The van der Waals surface area contributed by atoms with Crippen LogP contribution in [0.15, 0.2) is 67.0 Å². The van der Waals surface area contributed by atoms with Gasteiger partial charge in [0.2, 0.25) is 0 Å². The number of fused-ring (bicyclic) bond motifs is 1. The number of nitrogens with zero attached hydrogens (tertiary/aromatic N) is 2. The maximum absolute atomic E-state index is 12.5. The molecule has 26 heavy (non-hydrogen) atoms. The summed E-state index contributed by atoms with van der Waals surface area (Å²) in [6, 6.07) is 17.4. The van der Waals surface area contributed by atoms with Gasteiger partial charge in [-0.25, -0.2) is 4.98 Å². The molecule has 0 saturated heterocycles. The standard InChI is InChI=1S/C21H21N3O2/c25-21(23-18-10-11-20-22-12-13-24(20)14-18)17-8-6-16(7-9-17)15-26-19-4-2-1-3-5-19/h1-9,12-13,18H,10-11,14-15H2,(H,23,25)/t18-/m0/s1. The Morgan fingerprint density at radius 3 is 2.77 bits per heavy atom. The highest BCUT2D eigenvalue weighted by atomic mass is 16.5. The predicted octanol–water partition coefficient (Wildman–Crippen LogP) is 3.21. The highest BCUT2D eigenvalue weighted by molar-refractivity contribution is 5.94. The van der Waals surface area contributed by atoms with Gasteiger partial charge in [-0.1, -0.05) is 30.3 Å². The maximum Gasteiger partial charge on any atom is 0.251 e. The van der Waals surface area contributed by atoms with Gasteiger partial charge in [0.05, 0.1) is 0 Å². The Balaban J connectivity index is 1.32. The fourth-order valence-corrected chi connectivity index (χ4v) is 3.19. The summed E-state index contributed by atoms with van der Waals surface area (Å²) in [6.07, 6.45) is 5.60. The summed E-state index contributed by atoms with van der Waals surface area (Å²) < 4.78 is 7.84. The van der Waals surface area contributed by atoms with E-state index in [0.717, 1.165) is 36.5 Å². The fraction of sp³-hybridized carbons (Fsp3) is 0.238. The van der Waals surface area contributed by atoms with Crippen molar-refractivity contribution in [3.8, 4) is 5.75 Å². The number of carbonyl (C=O) groups excluding carboxylic acids is 1. The van der Waals surface area contributed by atoms with Gasteiger partial charge < -0.3 is 14.6 Å². The number of benzene rings is 2. The zero-order valence-electron chi connectivity index (χ0n) is 14.5. The lowest BCUT2D eigenvalue weighted by atomic mass is 10.1. The number of carbonyl (C=O) groups is 1. The molecule has 1 aromatic heterocycles. The van der Waals surface area contributed by atoms with Crippen LogP contribution in [-0.4, -0.2) is 21.5 Å². The van der Waals surface area contributed by atoms with Crippen molar-refractivity contribution in [3.05, 3.63) is 83.9 Å². The van der Waals surface area contributed by atoms with Gasteiger partial charge in [-0.15, -0.1) is 0 Å². The number of hydrogen-bond donors (Lipinski definition) is 1. The van der Waals surface area contributed by atoms with Gasteiger partial charge >= 0.3 is 0 Å². The second-order valence-electron chi connectivity index (χ2n) is 6.50. The zero-order valence-corrected chi connectivity index (χ0v) is 14.5. The molecule has 5 heteroatoms. The summed E-state index contributed by atoms with van der Waals surface area (Å²) in [4.78, 5) is 16.8. The van der Waals surface area contributed by atoms with E-state index in [0.29, 0.717) is 12.2 Å². The maximum atomic E-state index is 12.5. The normalized spacial score (nSPS) is 15.9. The smallest absolute Gasteiger partial charge is 0.251 e. The summed E-state index contributed by atoms with van der Waals surface area (Å²) in [5, 5.41) is 3.12. The average molecular weight is 347 g/mol. The lowest BCUT2D eigenvalue weighted by Gasteiger charge is -2.24. The topological polar surface area (TPSA) is 56.2 Å². The predicted molar refractivity (Wildman–Crippen MR) is 99.0 cm³/mol. The van der Waals surface area contributed by atoms with Crippen LogP contribution >= 0.6 is 0 Å². The molecular formula is C21H21N3O2. The van der Waals surface area contributed by atoms with E-state index in [1.807, 2.05) is 67.0 Å². The molecule has 1 amide bonds. The van der Waals surface area contributed by atoms with Crippen molar-refractivity contribution in [1.29, 1.82) is 0 Å². The van der Waals surface area contributed by atoms with E-state index in [9.17, 15) is 4.79 Å². The average Bonchev–Trinajstić information content (AvgIpc) is 3.15. The lowest BCUT2D eigenvalue weighted by Crippen LogP contribution is -2.40. The van der Waals surface area contributed by atoms with Crippen molar-refractivity contribution in [1.82, 2.24) is 14.9 Å². The van der Waals surface area contributed by atoms with Gasteiger partial charge in [-0.05, 0) is 36.2 Å². The summed E-state index contributed by atoms with van der Waals surface area (Å²) in [6.45, 7) is 1.27. The van der Waals surface area contributed by atoms with Crippen LogP contribution in [0.5, 0.6) is 5.75 Å². The Bertz CT molecular complexity index is 872. The Hall–Kier alpha value is -3.08. The monoisotopic (exact) mass is 347 g/mol. The number of hydrogen-bond acceptors (Lipinski definition) is 3. The van der Waals surface area contributed by atoms with E-state index in [1.165, 1.54) is 0 Å². The fourth-order valence-electron chi connectivity index (χ4n) is 3.19. The molecule has 0 radical (unpaired) electrons. The molecule has 0 spiro atoms. The second-order valence-corrected chi connectivity index (χ2v) is 6.50. The minimum Gasteiger partial charge on any atom is -0.489 e. The van der Waals surface area contributed by atoms with Crippen molar-refractivity contribution in [2.75, 3.05) is 0 Å². The molecule has 2 aromatic carbocycles. The van der Waals surface area contributed by atoms with Crippen molar-refractivity contribution < 1.29 is 9.53 Å². The largest absolute Gasteiger partial charge is 0.489 e. The van der Waals surface area contributed by atoms with Crippen molar-refractivity contribution in [3.63, 3.8) is 0 Å². The quantitative estimate of drug-likeness (QED) is 0.771. The van der Waals surface area contributed by atoms with Crippen molar-refractivity contribution in [2.45, 2.75) is 32.0 Å². The van der Waals surface area contributed by atoms with E-state index in [4.69, 9.17) is 4.74 Å². The molecule has 2 heterocycles. The number of imidazole rings is 1. The van der Waals surface area contributed by atoms with E-state index >= 15 is 0 Å². The molecule has 4 rings (SSSR count). The van der Waals surface area contributed by atoms with Crippen molar-refractivity contribution >= 4 is 5.91 Å². The SMILES string of the molecule is O=C(N[C@H]1CCc2nccn2C1)c1ccc(COc2ccccc2)cc1. The molecule has 132 valence electrons. The number of para-hydroxylation sites is 1.